The van der Waals surface area contributed by atoms with Crippen LogP contribution in [0.2, 0.25) is 0 Å². The lowest BCUT2D eigenvalue weighted by molar-refractivity contribution is -0.127. The predicted molar refractivity (Wildman–Crippen MR) is 97.2 cm³/mol. The average Bonchev–Trinajstić information content (AvgIpc) is 2.62. The Morgan fingerprint density at radius 2 is 1.96 bits per heavy atom. The second-order valence-corrected chi connectivity index (χ2v) is 9.28. The van der Waals surface area contributed by atoms with E-state index in [1.54, 1.807) is 0 Å². The van der Waals surface area contributed by atoms with E-state index in [4.69, 9.17) is 0 Å². The highest BCUT2D eigenvalue weighted by Crippen LogP contribution is 2.30. The van der Waals surface area contributed by atoms with Crippen molar-refractivity contribution in [1.82, 2.24) is 13.9 Å². The molecule has 1 aromatic carbocycles. The Morgan fingerprint density at radius 1 is 1.20 bits per heavy atom. The summed E-state index contributed by atoms with van der Waals surface area (Å²) in [4.78, 5) is 12.8. The molecule has 0 saturated carbocycles. The topological polar surface area (TPSA) is 69.7 Å². The Labute approximate surface area is 150 Å². The van der Waals surface area contributed by atoms with Crippen LogP contribution in [0.15, 0.2) is 24.3 Å². The van der Waals surface area contributed by atoms with E-state index < -0.39 is 10.2 Å². The van der Waals surface area contributed by atoms with Crippen LogP contribution in [0.1, 0.15) is 42.9 Å². The molecular weight excluding hydrogens is 338 g/mol. The Bertz CT molecular complexity index is 733. The molecule has 1 aliphatic heterocycles. The minimum Gasteiger partial charge on any atom is -0.349 e. The number of fused-ring (bicyclic) bond motifs is 1. The van der Waals surface area contributed by atoms with Gasteiger partial charge in [-0.05, 0) is 43.2 Å². The molecule has 1 aromatic rings. The molecule has 2 aliphatic rings. The summed E-state index contributed by atoms with van der Waals surface area (Å²) < 4.78 is 27.3. The van der Waals surface area contributed by atoms with Crippen LogP contribution < -0.4 is 5.32 Å². The van der Waals surface area contributed by atoms with Crippen molar-refractivity contribution in [2.45, 2.75) is 38.1 Å². The van der Waals surface area contributed by atoms with Crippen LogP contribution in [0.3, 0.4) is 0 Å². The SMILES string of the molecule is CN(C)S(=O)(=O)N1CCCC(C(=O)NC2CCCc3ccccc32)C1. The third kappa shape index (κ3) is 3.88. The number of aryl methyl sites for hydroxylation is 1. The van der Waals surface area contributed by atoms with Crippen molar-refractivity contribution < 1.29 is 13.2 Å². The lowest BCUT2D eigenvalue weighted by Gasteiger charge is -2.34. The zero-order valence-corrected chi connectivity index (χ0v) is 15.8. The van der Waals surface area contributed by atoms with Crippen molar-refractivity contribution >= 4 is 16.1 Å². The third-order valence-corrected chi connectivity index (χ3v) is 7.14. The number of rotatable bonds is 4. The molecule has 2 unspecified atom stereocenters. The highest BCUT2D eigenvalue weighted by Gasteiger charge is 2.34. The van der Waals surface area contributed by atoms with Gasteiger partial charge in [0, 0.05) is 27.2 Å². The van der Waals surface area contributed by atoms with Crippen molar-refractivity contribution in [2.75, 3.05) is 27.2 Å². The molecule has 0 bridgehead atoms. The quantitative estimate of drug-likeness (QED) is 0.883. The number of carbonyl (C=O) groups is 1. The maximum absolute atomic E-state index is 12.8. The van der Waals surface area contributed by atoms with E-state index in [1.807, 2.05) is 12.1 Å². The molecule has 1 saturated heterocycles. The second-order valence-electron chi connectivity index (χ2n) is 7.14. The summed E-state index contributed by atoms with van der Waals surface area (Å²) in [5.74, 6) is -0.307. The molecule has 25 heavy (non-hydrogen) atoms. The zero-order valence-electron chi connectivity index (χ0n) is 14.9. The molecular formula is C18H27N3O3S. The predicted octanol–water partition coefficient (Wildman–Crippen LogP) is 1.70. The van der Waals surface area contributed by atoms with Crippen molar-refractivity contribution in [3.63, 3.8) is 0 Å². The Morgan fingerprint density at radius 3 is 2.72 bits per heavy atom. The first-order chi connectivity index (χ1) is 11.9. The van der Waals surface area contributed by atoms with E-state index in [0.717, 1.165) is 25.7 Å². The van der Waals surface area contributed by atoms with Gasteiger partial charge in [-0.25, -0.2) is 0 Å². The molecule has 3 rings (SSSR count). The van der Waals surface area contributed by atoms with Gasteiger partial charge in [-0.3, -0.25) is 4.79 Å². The number of amides is 1. The minimum atomic E-state index is -3.46. The molecule has 1 heterocycles. The summed E-state index contributed by atoms with van der Waals surface area (Å²) in [5.41, 5.74) is 2.51. The first-order valence-corrected chi connectivity index (χ1v) is 10.3. The highest BCUT2D eigenvalue weighted by molar-refractivity contribution is 7.86. The molecule has 138 valence electrons. The number of carbonyl (C=O) groups excluding carboxylic acids is 1. The van der Waals surface area contributed by atoms with Gasteiger partial charge >= 0.3 is 0 Å². The van der Waals surface area contributed by atoms with E-state index in [-0.39, 0.29) is 24.4 Å². The van der Waals surface area contributed by atoms with Crippen molar-refractivity contribution in [3.05, 3.63) is 35.4 Å². The molecule has 0 aromatic heterocycles. The maximum Gasteiger partial charge on any atom is 0.281 e. The molecule has 0 spiro atoms. The average molecular weight is 365 g/mol. The molecule has 6 nitrogen and oxygen atoms in total. The minimum absolute atomic E-state index is 0.0274. The van der Waals surface area contributed by atoms with E-state index >= 15 is 0 Å². The Kier molecular flexibility index (Phi) is 5.46. The fourth-order valence-corrected chi connectivity index (χ4v) is 4.98. The third-order valence-electron chi connectivity index (χ3n) is 5.23. The van der Waals surface area contributed by atoms with Crippen LogP contribution in [-0.4, -0.2) is 50.1 Å². The summed E-state index contributed by atoms with van der Waals surface area (Å²) in [6.45, 7) is 0.747. The molecule has 7 heteroatoms. The highest BCUT2D eigenvalue weighted by atomic mass is 32.2. The summed E-state index contributed by atoms with van der Waals surface area (Å²) >= 11 is 0. The van der Waals surface area contributed by atoms with Gasteiger partial charge in [-0.15, -0.1) is 0 Å². The van der Waals surface area contributed by atoms with Gasteiger partial charge in [0.25, 0.3) is 10.2 Å². The Hall–Kier alpha value is -1.44. The van der Waals surface area contributed by atoms with Crippen molar-refractivity contribution in [1.29, 1.82) is 0 Å². The fourth-order valence-electron chi connectivity index (χ4n) is 3.79. The Balaban J connectivity index is 1.68. The smallest absolute Gasteiger partial charge is 0.281 e. The molecule has 1 aliphatic carbocycles. The van der Waals surface area contributed by atoms with Crippen LogP contribution >= 0.6 is 0 Å². The zero-order chi connectivity index (χ0) is 18.0. The lowest BCUT2D eigenvalue weighted by Crippen LogP contribution is -2.49. The van der Waals surface area contributed by atoms with Crippen LogP contribution in [0.5, 0.6) is 0 Å². The van der Waals surface area contributed by atoms with Gasteiger partial charge in [0.05, 0.1) is 12.0 Å². The molecule has 0 radical (unpaired) electrons. The van der Waals surface area contributed by atoms with Crippen molar-refractivity contribution in [3.8, 4) is 0 Å². The normalized spacial score (nSPS) is 24.8. The van der Waals surface area contributed by atoms with Crippen LogP contribution in [0.25, 0.3) is 0 Å². The fraction of sp³-hybridized carbons (Fsp3) is 0.611. The summed E-state index contributed by atoms with van der Waals surface area (Å²) in [6.07, 6.45) is 4.51. The van der Waals surface area contributed by atoms with Crippen LogP contribution in [0, 0.1) is 5.92 Å². The van der Waals surface area contributed by atoms with Gasteiger partial charge in [0.15, 0.2) is 0 Å². The number of benzene rings is 1. The molecule has 2 atom stereocenters. The van der Waals surface area contributed by atoms with Gasteiger partial charge < -0.3 is 5.32 Å². The van der Waals surface area contributed by atoms with Crippen LogP contribution in [0.4, 0.5) is 0 Å². The number of hydrogen-bond donors (Lipinski definition) is 1. The lowest BCUT2D eigenvalue weighted by atomic mass is 9.87. The number of nitrogens with one attached hydrogen (secondary N) is 1. The van der Waals surface area contributed by atoms with E-state index in [2.05, 4.69) is 17.4 Å². The number of nitrogens with zero attached hydrogens (tertiary/aromatic N) is 2. The van der Waals surface area contributed by atoms with E-state index in [0.29, 0.717) is 13.0 Å². The summed E-state index contributed by atoms with van der Waals surface area (Å²) in [7, 11) is -0.410. The maximum atomic E-state index is 12.8. The second kappa shape index (κ2) is 7.43. The summed E-state index contributed by atoms with van der Waals surface area (Å²) in [6, 6.07) is 8.30. The molecule has 1 amide bonds. The van der Waals surface area contributed by atoms with Gasteiger partial charge in [-0.2, -0.15) is 17.0 Å². The largest absolute Gasteiger partial charge is 0.349 e. The number of hydrogen-bond acceptors (Lipinski definition) is 3. The first kappa shape index (κ1) is 18.4. The molecule has 1 N–H and O–H groups in total. The van der Waals surface area contributed by atoms with Crippen LogP contribution in [-0.2, 0) is 21.4 Å². The van der Waals surface area contributed by atoms with Crippen molar-refractivity contribution in [2.24, 2.45) is 5.92 Å². The molecule has 1 fully saturated rings. The monoisotopic (exact) mass is 365 g/mol. The standard InChI is InChI=1S/C18H27N3O3S/c1-20(2)25(23,24)21-12-6-9-15(13-21)18(22)19-17-11-5-8-14-7-3-4-10-16(14)17/h3-4,7,10,15,17H,5-6,8-9,11-13H2,1-2H3,(H,19,22). The summed E-state index contributed by atoms with van der Waals surface area (Å²) in [5, 5.41) is 3.17. The first-order valence-electron chi connectivity index (χ1n) is 8.95. The van der Waals surface area contributed by atoms with E-state index in [1.165, 1.54) is 33.8 Å². The number of piperidine rings is 1. The van der Waals surface area contributed by atoms with Gasteiger partial charge in [0.2, 0.25) is 5.91 Å². The van der Waals surface area contributed by atoms with Gasteiger partial charge in [0.1, 0.15) is 0 Å². The van der Waals surface area contributed by atoms with Gasteiger partial charge in [-0.1, -0.05) is 24.3 Å². The van der Waals surface area contributed by atoms with E-state index in [9.17, 15) is 13.2 Å².